The van der Waals surface area contributed by atoms with Gasteiger partial charge in [-0.05, 0) is 36.4 Å². The van der Waals surface area contributed by atoms with Crippen molar-refractivity contribution < 1.29 is 0 Å². The lowest BCUT2D eigenvalue weighted by Gasteiger charge is -2.08. The maximum Gasteiger partial charge on any atom is 0.132 e. The molecule has 0 aliphatic heterocycles. The molecule has 0 atom stereocenters. The Morgan fingerprint density at radius 3 is 1.65 bits per heavy atom. The number of anilines is 4. The van der Waals surface area contributed by atoms with E-state index in [1.165, 1.54) is 0 Å². The van der Waals surface area contributed by atoms with Crippen LogP contribution >= 0.6 is 0 Å². The molecule has 0 bridgehead atoms. The van der Waals surface area contributed by atoms with Crippen LogP contribution in [0.5, 0.6) is 0 Å². The molecule has 0 saturated heterocycles. The first-order valence-electron chi connectivity index (χ1n) is 6.21. The Morgan fingerprint density at radius 2 is 1.20 bits per heavy atom. The van der Waals surface area contributed by atoms with Gasteiger partial charge in [-0.25, -0.2) is 4.98 Å². The molecule has 3 aromatic heterocycles. The highest BCUT2D eigenvalue weighted by Gasteiger charge is 1.99. The topological polar surface area (TPSA) is 62.7 Å². The summed E-state index contributed by atoms with van der Waals surface area (Å²) in [5, 5.41) is 6.40. The molecule has 0 aliphatic carbocycles. The Kier molecular flexibility index (Phi) is 3.51. The summed E-state index contributed by atoms with van der Waals surface area (Å²) >= 11 is 0. The van der Waals surface area contributed by atoms with Crippen LogP contribution in [0.25, 0.3) is 0 Å². The zero-order chi connectivity index (χ0) is 13.6. The van der Waals surface area contributed by atoms with E-state index in [4.69, 9.17) is 0 Å². The molecule has 0 aliphatic rings. The van der Waals surface area contributed by atoms with Gasteiger partial charge in [0.1, 0.15) is 11.6 Å². The van der Waals surface area contributed by atoms with E-state index in [2.05, 4.69) is 25.6 Å². The molecular weight excluding hydrogens is 250 g/mol. The number of pyridine rings is 3. The zero-order valence-corrected chi connectivity index (χ0v) is 10.7. The average Bonchev–Trinajstić information content (AvgIpc) is 2.50. The van der Waals surface area contributed by atoms with Gasteiger partial charge in [-0.1, -0.05) is 6.07 Å². The summed E-state index contributed by atoms with van der Waals surface area (Å²) in [6.45, 7) is 0. The van der Waals surface area contributed by atoms with Crippen LogP contribution in [-0.2, 0) is 0 Å². The van der Waals surface area contributed by atoms with Crippen molar-refractivity contribution in [3.8, 4) is 0 Å². The van der Waals surface area contributed by atoms with Crippen LogP contribution in [0.15, 0.2) is 67.3 Å². The van der Waals surface area contributed by atoms with Gasteiger partial charge in [-0.15, -0.1) is 0 Å². The first-order valence-corrected chi connectivity index (χ1v) is 6.21. The molecule has 0 aromatic carbocycles. The third-order valence-corrected chi connectivity index (χ3v) is 2.62. The number of nitrogens with zero attached hydrogens (tertiary/aromatic N) is 3. The fourth-order valence-electron chi connectivity index (χ4n) is 1.74. The van der Waals surface area contributed by atoms with E-state index in [1.807, 2.05) is 42.5 Å². The predicted molar refractivity (Wildman–Crippen MR) is 79.3 cm³/mol. The van der Waals surface area contributed by atoms with E-state index < -0.39 is 0 Å². The van der Waals surface area contributed by atoms with Crippen molar-refractivity contribution in [3.63, 3.8) is 0 Å². The molecule has 20 heavy (non-hydrogen) atoms. The fourth-order valence-corrected chi connectivity index (χ4v) is 1.74. The van der Waals surface area contributed by atoms with Gasteiger partial charge in [0, 0.05) is 12.4 Å². The zero-order valence-electron chi connectivity index (χ0n) is 10.7. The lowest BCUT2D eigenvalue weighted by atomic mass is 10.3. The Labute approximate surface area is 116 Å². The minimum Gasteiger partial charge on any atom is -0.339 e. The monoisotopic (exact) mass is 263 g/mol. The second kappa shape index (κ2) is 5.79. The van der Waals surface area contributed by atoms with Crippen LogP contribution in [0.3, 0.4) is 0 Å². The quantitative estimate of drug-likeness (QED) is 0.755. The molecule has 5 nitrogen and oxygen atoms in total. The molecule has 3 heterocycles. The van der Waals surface area contributed by atoms with Crippen LogP contribution < -0.4 is 10.6 Å². The highest BCUT2D eigenvalue weighted by Crippen LogP contribution is 2.17. The molecule has 2 N–H and O–H groups in total. The van der Waals surface area contributed by atoms with Crippen LogP contribution in [0.1, 0.15) is 0 Å². The second-order valence-electron chi connectivity index (χ2n) is 4.14. The second-order valence-corrected chi connectivity index (χ2v) is 4.14. The minimum absolute atomic E-state index is 0.756. The summed E-state index contributed by atoms with van der Waals surface area (Å²) in [6, 6.07) is 13.4. The Morgan fingerprint density at radius 1 is 0.650 bits per heavy atom. The largest absolute Gasteiger partial charge is 0.339 e. The first-order chi connectivity index (χ1) is 9.90. The SMILES string of the molecule is c1cncc(Nc2cccc(Nc3cccnc3)n2)c1. The molecule has 0 fully saturated rings. The number of rotatable bonds is 4. The molecule has 98 valence electrons. The molecule has 0 unspecified atom stereocenters. The molecule has 5 heteroatoms. The van der Waals surface area contributed by atoms with E-state index in [0.29, 0.717) is 0 Å². The van der Waals surface area contributed by atoms with Crippen molar-refractivity contribution in [3.05, 3.63) is 67.3 Å². The van der Waals surface area contributed by atoms with Gasteiger partial charge in [-0.3, -0.25) is 9.97 Å². The van der Waals surface area contributed by atoms with Crippen LogP contribution in [-0.4, -0.2) is 15.0 Å². The van der Waals surface area contributed by atoms with Gasteiger partial charge in [0.05, 0.1) is 23.8 Å². The summed E-state index contributed by atoms with van der Waals surface area (Å²) in [5.41, 5.74) is 1.80. The van der Waals surface area contributed by atoms with Crippen molar-refractivity contribution in [2.24, 2.45) is 0 Å². The summed E-state index contributed by atoms with van der Waals surface area (Å²) in [6.07, 6.45) is 6.98. The highest BCUT2D eigenvalue weighted by atomic mass is 15.1. The number of aromatic nitrogens is 3. The van der Waals surface area contributed by atoms with Crippen molar-refractivity contribution >= 4 is 23.0 Å². The normalized spacial score (nSPS) is 10.0. The van der Waals surface area contributed by atoms with Crippen molar-refractivity contribution in [1.29, 1.82) is 0 Å². The minimum atomic E-state index is 0.756. The molecule has 0 saturated carbocycles. The third-order valence-electron chi connectivity index (χ3n) is 2.62. The van der Waals surface area contributed by atoms with E-state index in [0.717, 1.165) is 23.0 Å². The van der Waals surface area contributed by atoms with Crippen LogP contribution in [0.4, 0.5) is 23.0 Å². The predicted octanol–water partition coefficient (Wildman–Crippen LogP) is 3.36. The van der Waals surface area contributed by atoms with Crippen molar-refractivity contribution in [2.75, 3.05) is 10.6 Å². The molecule has 0 amide bonds. The summed E-state index contributed by atoms with van der Waals surface area (Å²) in [5.74, 6) is 1.51. The maximum absolute atomic E-state index is 4.49. The molecule has 3 rings (SSSR count). The number of nitrogens with one attached hydrogen (secondary N) is 2. The Balaban J connectivity index is 1.76. The van der Waals surface area contributed by atoms with E-state index in [1.54, 1.807) is 24.8 Å². The summed E-state index contributed by atoms with van der Waals surface area (Å²) < 4.78 is 0. The van der Waals surface area contributed by atoms with E-state index in [-0.39, 0.29) is 0 Å². The molecule has 3 aromatic rings. The third kappa shape index (κ3) is 3.08. The van der Waals surface area contributed by atoms with Gasteiger partial charge in [0.15, 0.2) is 0 Å². The maximum atomic E-state index is 4.49. The number of hydrogen-bond acceptors (Lipinski definition) is 5. The average molecular weight is 263 g/mol. The van der Waals surface area contributed by atoms with Gasteiger partial charge in [-0.2, -0.15) is 0 Å². The highest BCUT2D eigenvalue weighted by molar-refractivity contribution is 5.60. The van der Waals surface area contributed by atoms with E-state index in [9.17, 15) is 0 Å². The summed E-state index contributed by atoms with van der Waals surface area (Å²) in [4.78, 5) is 12.6. The summed E-state index contributed by atoms with van der Waals surface area (Å²) in [7, 11) is 0. The lowest BCUT2D eigenvalue weighted by molar-refractivity contribution is 1.26. The fraction of sp³-hybridized carbons (Fsp3) is 0. The van der Waals surface area contributed by atoms with Crippen LogP contribution in [0, 0.1) is 0 Å². The van der Waals surface area contributed by atoms with Crippen molar-refractivity contribution in [1.82, 2.24) is 15.0 Å². The Bertz CT molecular complexity index is 613. The Hall–Kier alpha value is -2.95. The van der Waals surface area contributed by atoms with Gasteiger partial charge >= 0.3 is 0 Å². The van der Waals surface area contributed by atoms with Gasteiger partial charge < -0.3 is 10.6 Å². The smallest absolute Gasteiger partial charge is 0.132 e. The first kappa shape index (κ1) is 12.1. The van der Waals surface area contributed by atoms with Crippen LogP contribution in [0.2, 0.25) is 0 Å². The van der Waals surface area contributed by atoms with Gasteiger partial charge in [0.2, 0.25) is 0 Å². The molecular formula is C15H13N5. The molecule has 0 radical (unpaired) electrons. The molecule has 0 spiro atoms. The van der Waals surface area contributed by atoms with Gasteiger partial charge in [0.25, 0.3) is 0 Å². The van der Waals surface area contributed by atoms with E-state index >= 15 is 0 Å². The van der Waals surface area contributed by atoms with Crippen molar-refractivity contribution in [2.45, 2.75) is 0 Å². The standard InChI is InChI=1S/C15H13N5/c1-6-14(18-12-4-2-8-16-10-12)20-15(7-1)19-13-5-3-9-17-11-13/h1-11H,(H2,18,19,20). The lowest BCUT2D eigenvalue weighted by Crippen LogP contribution is -1.98. The number of hydrogen-bond donors (Lipinski definition) is 2.